The lowest BCUT2D eigenvalue weighted by Gasteiger charge is -2.14. The fourth-order valence-electron chi connectivity index (χ4n) is 3.64. The number of hydrogen-bond donors (Lipinski definition) is 0. The van der Waals surface area contributed by atoms with Gasteiger partial charge in [0.15, 0.2) is 0 Å². The van der Waals surface area contributed by atoms with E-state index in [0.717, 1.165) is 30.6 Å². The first-order valence-corrected chi connectivity index (χ1v) is 11.1. The topological polar surface area (TPSA) is 30.7 Å². The van der Waals surface area contributed by atoms with Gasteiger partial charge in [-0.05, 0) is 108 Å². The zero-order valence-corrected chi connectivity index (χ0v) is 19.8. The average molecular weight is 458 g/mol. The molecule has 0 saturated carbocycles. The second kappa shape index (κ2) is 12.5. The highest BCUT2D eigenvalue weighted by molar-refractivity contribution is 6.28. The van der Waals surface area contributed by atoms with Crippen LogP contribution in [-0.4, -0.2) is 14.5 Å². The van der Waals surface area contributed by atoms with Crippen molar-refractivity contribution in [3.05, 3.63) is 47.0 Å². The molecule has 0 saturated heterocycles. The summed E-state index contributed by atoms with van der Waals surface area (Å²) in [7, 11) is 0. The Labute approximate surface area is 206 Å². The van der Waals surface area contributed by atoms with Crippen LogP contribution < -0.4 is 0 Å². The highest BCUT2D eigenvalue weighted by atomic mass is 35.5. The first kappa shape index (κ1) is 24.1. The maximum absolute atomic E-state index is 6.03. The van der Waals surface area contributed by atoms with E-state index in [9.17, 15) is 0 Å². The molecule has 1 aliphatic heterocycles. The maximum Gasteiger partial charge on any atom is 0.222 e. The Bertz CT molecular complexity index is 1580. The van der Waals surface area contributed by atoms with Crippen LogP contribution in [0.3, 0.4) is 0 Å². The van der Waals surface area contributed by atoms with Crippen LogP contribution in [0.4, 0.5) is 0 Å². The third kappa shape index (κ3) is 6.04. The molecule has 162 valence electrons. The molecule has 0 bridgehead atoms. The predicted octanol–water partition coefficient (Wildman–Crippen LogP) is 4.92. The smallest absolute Gasteiger partial charge is 0.222 e. The van der Waals surface area contributed by atoms with Crippen LogP contribution in [0.15, 0.2) is 30.6 Å². The molecule has 0 amide bonds. The fourth-order valence-corrected chi connectivity index (χ4v) is 3.77. The van der Waals surface area contributed by atoms with Gasteiger partial charge in [-0.25, -0.2) is 9.97 Å². The number of nitrogens with zero attached hydrogens (tertiary/aromatic N) is 3. The van der Waals surface area contributed by atoms with E-state index in [0.29, 0.717) is 5.28 Å². The number of halogens is 1. The van der Waals surface area contributed by atoms with Crippen LogP contribution in [-0.2, 0) is 19.4 Å². The van der Waals surface area contributed by atoms with Gasteiger partial charge in [0.05, 0.1) is 11.2 Å². The van der Waals surface area contributed by atoms with Gasteiger partial charge in [-0.2, -0.15) is 0 Å². The number of hydrogen-bond acceptors (Lipinski definition) is 2. The normalized spacial score (nSPS) is 9.94. The summed E-state index contributed by atoms with van der Waals surface area (Å²) in [4.78, 5) is 8.62. The van der Waals surface area contributed by atoms with E-state index < -0.39 is 0 Å². The van der Waals surface area contributed by atoms with Gasteiger partial charge in [0.25, 0.3) is 0 Å². The first-order chi connectivity index (χ1) is 16.7. The van der Waals surface area contributed by atoms with Crippen molar-refractivity contribution in [3.63, 3.8) is 0 Å². The van der Waals surface area contributed by atoms with E-state index in [1.54, 1.807) is 6.92 Å². The van der Waals surface area contributed by atoms with Crippen LogP contribution in [0, 0.1) is 71.5 Å². The van der Waals surface area contributed by atoms with Crippen molar-refractivity contribution >= 4 is 22.5 Å². The van der Waals surface area contributed by atoms with E-state index in [2.05, 4.69) is 111 Å². The summed E-state index contributed by atoms with van der Waals surface area (Å²) in [6.07, 6.45) is 12.2. The molecule has 0 spiro atoms. The number of para-hydroxylation sites is 1. The van der Waals surface area contributed by atoms with Gasteiger partial charge in [-0.15, -0.1) is 6.42 Å². The highest BCUT2D eigenvalue weighted by Gasteiger charge is 2.19. The predicted molar refractivity (Wildman–Crippen MR) is 139 cm³/mol. The molecule has 0 radical (unpaired) electrons. The molecule has 3 nitrogen and oxygen atoms in total. The molecule has 0 unspecified atom stereocenters. The summed E-state index contributed by atoms with van der Waals surface area (Å²) in [5.74, 6) is 26.9. The third-order valence-corrected chi connectivity index (χ3v) is 5.18. The van der Waals surface area contributed by atoms with Crippen molar-refractivity contribution < 1.29 is 0 Å². The van der Waals surface area contributed by atoms with Gasteiger partial charge in [0.1, 0.15) is 0 Å². The number of aryl methyl sites for hydroxylation is 3. The van der Waals surface area contributed by atoms with Gasteiger partial charge in [0, 0.05) is 29.9 Å². The fraction of sp³-hybridized carbons (Fsp3) is 0.200. The van der Waals surface area contributed by atoms with Gasteiger partial charge < -0.3 is 4.57 Å². The van der Waals surface area contributed by atoms with Crippen LogP contribution in [0.25, 0.3) is 22.2 Å². The second-order valence-electron chi connectivity index (χ2n) is 7.04. The maximum atomic E-state index is 6.03. The summed E-state index contributed by atoms with van der Waals surface area (Å²) >= 11 is 6.03. The van der Waals surface area contributed by atoms with Gasteiger partial charge in [-0.1, -0.05) is 31.0 Å². The molecule has 1 aliphatic rings. The molecule has 4 rings (SSSR count). The monoisotopic (exact) mass is 457 g/mol. The Morgan fingerprint density at radius 2 is 1.74 bits per heavy atom. The zero-order valence-electron chi connectivity index (χ0n) is 19.0. The van der Waals surface area contributed by atoms with Crippen LogP contribution in [0.5, 0.6) is 0 Å². The number of benzene rings is 1. The highest BCUT2D eigenvalue weighted by Crippen LogP contribution is 2.36. The minimum atomic E-state index is 0.314. The lowest BCUT2D eigenvalue weighted by atomic mass is 10.0. The SMILES string of the molecule is C#CC#CC#CC#CC#CC#CC.CCc1cnc(Cl)nc1-c1cn2c3c(cccc13)CCC2. The standard InChI is InChI=1S/C17H16ClN3.C13H4/c1-2-11-9-19-17(18)20-15(11)14-10-21-8-4-6-12-5-3-7-13(14)16(12)21;1-3-5-7-9-11-13-12-10-8-6-4-2/h3,5,7,9-10H,2,4,6,8H2,1H3;1H,2H3. The lowest BCUT2D eigenvalue weighted by Crippen LogP contribution is -2.05. The third-order valence-electron chi connectivity index (χ3n) is 5.00. The quantitative estimate of drug-likeness (QED) is 0.404. The zero-order chi connectivity index (χ0) is 24.2. The minimum absolute atomic E-state index is 0.314. The Balaban J connectivity index is 0.000000218. The Hall–Kier alpha value is -4.51. The van der Waals surface area contributed by atoms with E-state index in [1.165, 1.54) is 28.5 Å². The summed E-state index contributed by atoms with van der Waals surface area (Å²) in [5, 5.41) is 1.59. The van der Waals surface area contributed by atoms with E-state index in [1.807, 2.05) is 6.20 Å². The molecular weight excluding hydrogens is 438 g/mol. The van der Waals surface area contributed by atoms with Gasteiger partial charge >= 0.3 is 0 Å². The van der Waals surface area contributed by atoms with Crippen molar-refractivity contribution in [2.24, 2.45) is 0 Å². The van der Waals surface area contributed by atoms with Crippen molar-refractivity contribution in [3.8, 4) is 82.8 Å². The number of aromatic nitrogens is 3. The van der Waals surface area contributed by atoms with Gasteiger partial charge in [0.2, 0.25) is 5.28 Å². The molecule has 1 aromatic carbocycles. The molecule has 0 N–H and O–H groups in total. The Morgan fingerprint density at radius 3 is 2.41 bits per heavy atom. The van der Waals surface area contributed by atoms with Gasteiger partial charge in [-0.3, -0.25) is 0 Å². The molecule has 4 heteroatoms. The van der Waals surface area contributed by atoms with E-state index in [4.69, 9.17) is 18.0 Å². The van der Waals surface area contributed by atoms with Crippen molar-refractivity contribution in [2.75, 3.05) is 0 Å². The summed E-state index contributed by atoms with van der Waals surface area (Å²) in [5.41, 5.74) is 6.08. The van der Waals surface area contributed by atoms with Crippen LogP contribution in [0.1, 0.15) is 31.4 Å². The molecule has 34 heavy (non-hydrogen) atoms. The van der Waals surface area contributed by atoms with Crippen molar-refractivity contribution in [2.45, 2.75) is 39.7 Å². The lowest BCUT2D eigenvalue weighted by molar-refractivity contribution is 0.636. The first-order valence-electron chi connectivity index (χ1n) is 10.7. The largest absolute Gasteiger partial charge is 0.347 e. The summed E-state index contributed by atoms with van der Waals surface area (Å²) < 4.78 is 2.36. The second-order valence-corrected chi connectivity index (χ2v) is 7.38. The van der Waals surface area contributed by atoms with E-state index in [-0.39, 0.29) is 0 Å². The Kier molecular flexibility index (Phi) is 8.88. The van der Waals surface area contributed by atoms with Crippen LogP contribution >= 0.6 is 11.6 Å². The molecule has 0 atom stereocenters. The Morgan fingerprint density at radius 1 is 1.03 bits per heavy atom. The summed E-state index contributed by atoms with van der Waals surface area (Å²) in [6, 6.07) is 6.56. The summed E-state index contributed by atoms with van der Waals surface area (Å²) in [6.45, 7) is 4.91. The molecular formula is C30H20ClN3. The molecule has 3 heterocycles. The average Bonchev–Trinajstić information content (AvgIpc) is 3.24. The van der Waals surface area contributed by atoms with Crippen molar-refractivity contribution in [1.82, 2.24) is 14.5 Å². The van der Waals surface area contributed by atoms with E-state index >= 15 is 0 Å². The van der Waals surface area contributed by atoms with Crippen molar-refractivity contribution in [1.29, 1.82) is 0 Å². The molecule has 0 aliphatic carbocycles. The van der Waals surface area contributed by atoms with Crippen LogP contribution in [0.2, 0.25) is 5.28 Å². The molecule has 3 aromatic rings. The minimum Gasteiger partial charge on any atom is -0.347 e. The number of rotatable bonds is 2. The molecule has 2 aromatic heterocycles. The molecule has 0 fully saturated rings. The number of terminal acetylenes is 1.